The topological polar surface area (TPSA) is 47.0 Å². The van der Waals surface area contributed by atoms with Crippen LogP contribution in [0.3, 0.4) is 0 Å². The van der Waals surface area contributed by atoms with Crippen molar-refractivity contribution in [2.75, 3.05) is 14.2 Å². The quantitative estimate of drug-likeness (QED) is 0.893. The van der Waals surface area contributed by atoms with E-state index < -0.39 is 0 Å². The van der Waals surface area contributed by atoms with Crippen molar-refractivity contribution < 1.29 is 4.74 Å². The Hall–Kier alpha value is -1.94. The number of hydrogen-bond acceptors (Lipinski definition) is 4. The maximum absolute atomic E-state index is 5.35. The molecule has 94 valence electrons. The number of ether oxygens (including phenoxy) is 1. The number of rotatable bonds is 4. The zero-order chi connectivity index (χ0) is 13.0. The summed E-state index contributed by atoms with van der Waals surface area (Å²) >= 11 is 0. The molecule has 2 rings (SSSR count). The smallest absolute Gasteiger partial charge is 0.122 e. The molecule has 4 heteroatoms. The van der Waals surface area contributed by atoms with Crippen molar-refractivity contribution in [3.8, 4) is 5.75 Å². The summed E-state index contributed by atoms with van der Waals surface area (Å²) in [5.74, 6) is 0.886. The molecular weight excluding hydrogens is 226 g/mol. The van der Waals surface area contributed by atoms with Gasteiger partial charge in [-0.25, -0.2) is 0 Å². The van der Waals surface area contributed by atoms with E-state index in [0.29, 0.717) is 0 Å². The number of benzene rings is 1. The predicted molar refractivity (Wildman–Crippen MR) is 70.7 cm³/mol. The summed E-state index contributed by atoms with van der Waals surface area (Å²) in [5.41, 5.74) is 3.13. The number of nitrogens with one attached hydrogen (secondary N) is 1. The van der Waals surface area contributed by atoms with Crippen LogP contribution in [0.25, 0.3) is 0 Å². The van der Waals surface area contributed by atoms with Crippen molar-refractivity contribution in [3.63, 3.8) is 0 Å². The number of aryl methyl sites for hydroxylation is 1. The van der Waals surface area contributed by atoms with Crippen LogP contribution in [0.1, 0.15) is 22.9 Å². The molecule has 0 amide bonds. The lowest BCUT2D eigenvalue weighted by Crippen LogP contribution is -2.19. The van der Waals surface area contributed by atoms with E-state index in [1.54, 1.807) is 25.7 Å². The van der Waals surface area contributed by atoms with Crippen LogP contribution in [0.4, 0.5) is 0 Å². The van der Waals surface area contributed by atoms with Crippen LogP contribution >= 0.6 is 0 Å². The summed E-state index contributed by atoms with van der Waals surface area (Å²) in [6, 6.07) is 6.18. The molecule has 0 aliphatic heterocycles. The van der Waals surface area contributed by atoms with Gasteiger partial charge in [0.25, 0.3) is 0 Å². The highest BCUT2D eigenvalue weighted by atomic mass is 16.5. The number of aromatic nitrogens is 2. The van der Waals surface area contributed by atoms with Crippen molar-refractivity contribution in [1.82, 2.24) is 15.3 Å². The van der Waals surface area contributed by atoms with Gasteiger partial charge in [0.1, 0.15) is 5.75 Å². The first kappa shape index (κ1) is 12.5. The van der Waals surface area contributed by atoms with Gasteiger partial charge in [0.2, 0.25) is 0 Å². The van der Waals surface area contributed by atoms with Gasteiger partial charge in [-0.15, -0.1) is 0 Å². The monoisotopic (exact) mass is 243 g/mol. The Labute approximate surface area is 107 Å². The minimum atomic E-state index is 0.0215. The van der Waals surface area contributed by atoms with Gasteiger partial charge in [-0.05, 0) is 31.2 Å². The molecule has 0 bridgehead atoms. The number of nitrogens with zero attached hydrogens (tertiary/aromatic N) is 2. The summed E-state index contributed by atoms with van der Waals surface area (Å²) in [5, 5.41) is 3.25. The first-order valence-electron chi connectivity index (χ1n) is 5.84. The number of hydrogen-bond donors (Lipinski definition) is 1. The SMILES string of the molecule is CNC(c1ccc(C)c(OC)c1)c1cnccn1. The van der Waals surface area contributed by atoms with Gasteiger partial charge in [0, 0.05) is 12.4 Å². The predicted octanol–water partition coefficient (Wildman–Crippen LogP) is 2.10. The van der Waals surface area contributed by atoms with Gasteiger partial charge in [0.05, 0.1) is 25.0 Å². The fraction of sp³-hybridized carbons (Fsp3) is 0.286. The molecule has 18 heavy (non-hydrogen) atoms. The van der Waals surface area contributed by atoms with Crippen LogP contribution in [-0.2, 0) is 0 Å². The molecule has 1 atom stereocenters. The highest BCUT2D eigenvalue weighted by molar-refractivity contribution is 5.39. The van der Waals surface area contributed by atoms with Gasteiger partial charge < -0.3 is 10.1 Å². The molecule has 1 heterocycles. The Morgan fingerprint density at radius 1 is 1.28 bits per heavy atom. The highest BCUT2D eigenvalue weighted by Crippen LogP contribution is 2.25. The molecule has 1 aromatic heterocycles. The molecule has 1 N–H and O–H groups in total. The van der Waals surface area contributed by atoms with Crippen LogP contribution in [0.2, 0.25) is 0 Å². The van der Waals surface area contributed by atoms with Crippen LogP contribution in [0, 0.1) is 6.92 Å². The normalized spacial score (nSPS) is 12.2. The average molecular weight is 243 g/mol. The molecular formula is C14H17N3O. The van der Waals surface area contributed by atoms with Gasteiger partial charge in [0.15, 0.2) is 0 Å². The van der Waals surface area contributed by atoms with Crippen LogP contribution in [0.5, 0.6) is 5.75 Å². The molecule has 0 aliphatic carbocycles. The lowest BCUT2D eigenvalue weighted by molar-refractivity contribution is 0.410. The van der Waals surface area contributed by atoms with Crippen LogP contribution in [0.15, 0.2) is 36.8 Å². The van der Waals surface area contributed by atoms with Gasteiger partial charge >= 0.3 is 0 Å². The molecule has 1 unspecified atom stereocenters. The Balaban J connectivity index is 2.39. The van der Waals surface area contributed by atoms with E-state index in [9.17, 15) is 0 Å². The first-order chi connectivity index (χ1) is 8.76. The Kier molecular flexibility index (Phi) is 3.89. The van der Waals surface area contributed by atoms with Gasteiger partial charge in [-0.1, -0.05) is 12.1 Å². The van der Waals surface area contributed by atoms with Gasteiger partial charge in [-0.3, -0.25) is 9.97 Å². The van der Waals surface area contributed by atoms with Crippen molar-refractivity contribution in [2.24, 2.45) is 0 Å². The lowest BCUT2D eigenvalue weighted by atomic mass is 10.0. The standard InChI is InChI=1S/C14H17N3O/c1-10-4-5-11(8-13(10)18-3)14(15-2)12-9-16-6-7-17-12/h4-9,14-15H,1-3H3. The first-order valence-corrected chi connectivity index (χ1v) is 5.84. The van der Waals surface area contributed by atoms with Crippen LogP contribution < -0.4 is 10.1 Å². The average Bonchev–Trinajstić information content (AvgIpc) is 2.42. The maximum atomic E-state index is 5.35. The van der Waals surface area contributed by atoms with Crippen molar-refractivity contribution >= 4 is 0 Å². The lowest BCUT2D eigenvalue weighted by Gasteiger charge is -2.17. The third-order valence-electron chi connectivity index (χ3n) is 2.93. The summed E-state index contributed by atoms with van der Waals surface area (Å²) in [7, 11) is 3.59. The molecule has 0 spiro atoms. The second kappa shape index (κ2) is 5.60. The van der Waals surface area contributed by atoms with E-state index >= 15 is 0 Å². The molecule has 4 nitrogen and oxygen atoms in total. The summed E-state index contributed by atoms with van der Waals surface area (Å²) in [4.78, 5) is 8.44. The second-order valence-corrected chi connectivity index (χ2v) is 4.08. The maximum Gasteiger partial charge on any atom is 0.122 e. The summed E-state index contributed by atoms with van der Waals surface area (Å²) < 4.78 is 5.35. The summed E-state index contributed by atoms with van der Waals surface area (Å²) in [6.45, 7) is 2.03. The molecule has 1 aromatic carbocycles. The molecule has 0 saturated carbocycles. The van der Waals surface area contributed by atoms with E-state index in [4.69, 9.17) is 4.74 Å². The van der Waals surface area contributed by atoms with E-state index in [2.05, 4.69) is 27.4 Å². The summed E-state index contributed by atoms with van der Waals surface area (Å²) in [6.07, 6.45) is 5.14. The van der Waals surface area contributed by atoms with Crippen molar-refractivity contribution in [2.45, 2.75) is 13.0 Å². The fourth-order valence-electron chi connectivity index (χ4n) is 1.96. The van der Waals surface area contributed by atoms with Gasteiger partial charge in [-0.2, -0.15) is 0 Å². The van der Waals surface area contributed by atoms with Crippen molar-refractivity contribution in [1.29, 1.82) is 0 Å². The Morgan fingerprint density at radius 3 is 2.72 bits per heavy atom. The minimum Gasteiger partial charge on any atom is -0.496 e. The highest BCUT2D eigenvalue weighted by Gasteiger charge is 2.14. The molecule has 0 radical (unpaired) electrons. The third kappa shape index (κ3) is 2.49. The fourth-order valence-corrected chi connectivity index (χ4v) is 1.96. The third-order valence-corrected chi connectivity index (χ3v) is 2.93. The number of methoxy groups -OCH3 is 1. The Morgan fingerprint density at radius 2 is 2.11 bits per heavy atom. The van der Waals surface area contributed by atoms with E-state index in [0.717, 1.165) is 22.6 Å². The Bertz CT molecular complexity index is 514. The van der Waals surface area contributed by atoms with E-state index in [1.807, 2.05) is 20.0 Å². The molecule has 0 fully saturated rings. The van der Waals surface area contributed by atoms with E-state index in [-0.39, 0.29) is 6.04 Å². The van der Waals surface area contributed by atoms with E-state index in [1.165, 1.54) is 0 Å². The molecule has 0 saturated heterocycles. The zero-order valence-electron chi connectivity index (χ0n) is 10.8. The molecule has 0 aliphatic rings. The zero-order valence-corrected chi connectivity index (χ0v) is 10.8. The second-order valence-electron chi connectivity index (χ2n) is 4.08. The van der Waals surface area contributed by atoms with Crippen molar-refractivity contribution in [3.05, 3.63) is 53.6 Å². The minimum absolute atomic E-state index is 0.0215. The largest absolute Gasteiger partial charge is 0.496 e. The van der Waals surface area contributed by atoms with Crippen LogP contribution in [-0.4, -0.2) is 24.1 Å². The molecule has 2 aromatic rings.